The standard InChI is InChI=1S/C13H9N5O2/c1-18-10-4-8(2-3-11(10)20-13(18)19)9-5-15-12(16-6-9)17-7-14/h2-6H,1H3,(H,15,16,17). The SMILES string of the molecule is Cn1c(=O)oc2ccc(-c3cnc(NC#N)nc3)cc21. The Kier molecular flexibility index (Phi) is 2.69. The van der Waals surface area contributed by atoms with Crippen LogP contribution in [0.1, 0.15) is 0 Å². The highest BCUT2D eigenvalue weighted by atomic mass is 16.4. The molecule has 20 heavy (non-hydrogen) atoms. The van der Waals surface area contributed by atoms with Gasteiger partial charge >= 0.3 is 5.76 Å². The molecule has 7 nitrogen and oxygen atoms in total. The number of nitrogens with zero attached hydrogens (tertiary/aromatic N) is 4. The van der Waals surface area contributed by atoms with Crippen LogP contribution in [0.25, 0.3) is 22.2 Å². The Morgan fingerprint density at radius 3 is 2.75 bits per heavy atom. The van der Waals surface area contributed by atoms with E-state index in [-0.39, 0.29) is 5.95 Å². The molecule has 0 saturated heterocycles. The van der Waals surface area contributed by atoms with E-state index in [2.05, 4.69) is 15.3 Å². The topological polar surface area (TPSA) is 96.7 Å². The average molecular weight is 267 g/mol. The summed E-state index contributed by atoms with van der Waals surface area (Å²) in [6, 6.07) is 5.38. The minimum absolute atomic E-state index is 0.244. The summed E-state index contributed by atoms with van der Waals surface area (Å²) < 4.78 is 6.51. The van der Waals surface area contributed by atoms with Crippen LogP contribution in [-0.4, -0.2) is 14.5 Å². The normalized spacial score (nSPS) is 10.4. The van der Waals surface area contributed by atoms with E-state index < -0.39 is 5.76 Å². The maximum absolute atomic E-state index is 11.4. The van der Waals surface area contributed by atoms with Gasteiger partial charge in [0.05, 0.1) is 5.52 Å². The maximum atomic E-state index is 11.4. The van der Waals surface area contributed by atoms with Gasteiger partial charge in [0.2, 0.25) is 5.95 Å². The van der Waals surface area contributed by atoms with E-state index in [9.17, 15) is 4.79 Å². The second-order valence-corrected chi connectivity index (χ2v) is 4.14. The molecule has 0 unspecified atom stereocenters. The largest absolute Gasteiger partial charge is 0.419 e. The van der Waals surface area contributed by atoms with E-state index >= 15 is 0 Å². The van der Waals surface area contributed by atoms with Crippen molar-refractivity contribution in [1.82, 2.24) is 14.5 Å². The van der Waals surface area contributed by atoms with Gasteiger partial charge in [-0.05, 0) is 17.7 Å². The molecule has 0 bridgehead atoms. The average Bonchev–Trinajstić information content (AvgIpc) is 2.75. The van der Waals surface area contributed by atoms with Crippen LogP contribution in [0, 0.1) is 11.5 Å². The second kappa shape index (κ2) is 4.51. The molecule has 0 saturated carbocycles. The van der Waals surface area contributed by atoms with Crippen molar-refractivity contribution in [3.63, 3.8) is 0 Å². The van der Waals surface area contributed by atoms with Crippen molar-refractivity contribution < 1.29 is 4.42 Å². The van der Waals surface area contributed by atoms with Crippen LogP contribution in [0.2, 0.25) is 0 Å². The third kappa shape index (κ3) is 1.89. The molecule has 2 heterocycles. The third-order valence-corrected chi connectivity index (χ3v) is 2.94. The lowest BCUT2D eigenvalue weighted by molar-refractivity contribution is 0.528. The van der Waals surface area contributed by atoms with Gasteiger partial charge < -0.3 is 4.42 Å². The Morgan fingerprint density at radius 2 is 2.05 bits per heavy atom. The number of oxazole rings is 1. The zero-order chi connectivity index (χ0) is 14.1. The fourth-order valence-corrected chi connectivity index (χ4v) is 1.90. The first-order valence-electron chi connectivity index (χ1n) is 5.76. The van der Waals surface area contributed by atoms with Gasteiger partial charge in [-0.1, -0.05) is 6.07 Å². The van der Waals surface area contributed by atoms with E-state index in [0.717, 1.165) is 11.1 Å². The van der Waals surface area contributed by atoms with Crippen LogP contribution >= 0.6 is 0 Å². The summed E-state index contributed by atoms with van der Waals surface area (Å²) in [4.78, 5) is 19.5. The summed E-state index contributed by atoms with van der Waals surface area (Å²) in [7, 11) is 1.65. The third-order valence-electron chi connectivity index (χ3n) is 2.94. The predicted molar refractivity (Wildman–Crippen MR) is 71.7 cm³/mol. The van der Waals surface area contributed by atoms with Crippen molar-refractivity contribution in [2.45, 2.75) is 0 Å². The number of benzene rings is 1. The first-order valence-corrected chi connectivity index (χ1v) is 5.76. The molecule has 0 aliphatic heterocycles. The Morgan fingerprint density at radius 1 is 1.30 bits per heavy atom. The molecule has 7 heteroatoms. The molecule has 3 aromatic rings. The monoisotopic (exact) mass is 267 g/mol. The molecule has 0 amide bonds. The first-order chi connectivity index (χ1) is 9.69. The lowest BCUT2D eigenvalue weighted by Gasteiger charge is -2.02. The summed E-state index contributed by atoms with van der Waals surface area (Å²) >= 11 is 0. The lowest BCUT2D eigenvalue weighted by Crippen LogP contribution is -2.08. The fourth-order valence-electron chi connectivity index (χ4n) is 1.90. The lowest BCUT2D eigenvalue weighted by atomic mass is 10.1. The van der Waals surface area contributed by atoms with Crippen molar-refractivity contribution in [1.29, 1.82) is 5.26 Å². The van der Waals surface area contributed by atoms with Gasteiger partial charge in [-0.3, -0.25) is 9.88 Å². The molecule has 0 fully saturated rings. The van der Waals surface area contributed by atoms with Crippen LogP contribution in [0.5, 0.6) is 0 Å². The number of aryl methyl sites for hydroxylation is 1. The maximum Gasteiger partial charge on any atom is 0.419 e. The highest BCUT2D eigenvalue weighted by Crippen LogP contribution is 2.23. The molecule has 0 atom stereocenters. The van der Waals surface area contributed by atoms with Gasteiger partial charge in [0.1, 0.15) is 0 Å². The van der Waals surface area contributed by atoms with Gasteiger partial charge in [0, 0.05) is 25.0 Å². The highest BCUT2D eigenvalue weighted by molar-refractivity contribution is 5.80. The van der Waals surface area contributed by atoms with Crippen LogP contribution < -0.4 is 11.1 Å². The number of nitriles is 1. The number of rotatable bonds is 2. The van der Waals surface area contributed by atoms with Gasteiger partial charge in [0.25, 0.3) is 0 Å². The Bertz CT molecular complexity index is 870. The van der Waals surface area contributed by atoms with Crippen LogP contribution in [0.15, 0.2) is 39.8 Å². The molecular formula is C13H9N5O2. The van der Waals surface area contributed by atoms with Gasteiger partial charge in [-0.2, -0.15) is 5.26 Å². The summed E-state index contributed by atoms with van der Waals surface area (Å²) in [6.45, 7) is 0. The molecule has 1 N–H and O–H groups in total. The molecule has 0 aliphatic carbocycles. The van der Waals surface area contributed by atoms with Crippen molar-refractivity contribution in [3.8, 4) is 17.3 Å². The fraction of sp³-hybridized carbons (Fsp3) is 0.0769. The van der Waals surface area contributed by atoms with E-state index in [0.29, 0.717) is 11.1 Å². The van der Waals surface area contributed by atoms with Crippen LogP contribution in [0.4, 0.5) is 5.95 Å². The number of hydrogen-bond acceptors (Lipinski definition) is 6. The summed E-state index contributed by atoms with van der Waals surface area (Å²) in [5, 5.41) is 10.8. The number of aromatic nitrogens is 3. The summed E-state index contributed by atoms with van der Waals surface area (Å²) in [5.41, 5.74) is 2.87. The Hall–Kier alpha value is -3.14. The number of fused-ring (bicyclic) bond motifs is 1. The Balaban J connectivity index is 2.07. The zero-order valence-electron chi connectivity index (χ0n) is 10.5. The first kappa shape index (κ1) is 11.9. The van der Waals surface area contributed by atoms with Crippen molar-refractivity contribution in [2.75, 3.05) is 5.32 Å². The quantitative estimate of drug-likeness (QED) is 0.558. The Labute approximate surface area is 113 Å². The van der Waals surface area contributed by atoms with Crippen molar-refractivity contribution >= 4 is 17.0 Å². The number of nitrogens with one attached hydrogen (secondary N) is 1. The van der Waals surface area contributed by atoms with Gasteiger partial charge in [0.15, 0.2) is 11.8 Å². The zero-order valence-corrected chi connectivity index (χ0v) is 10.5. The molecular weight excluding hydrogens is 258 g/mol. The van der Waals surface area contributed by atoms with Crippen LogP contribution in [-0.2, 0) is 7.05 Å². The molecule has 0 spiro atoms. The van der Waals surface area contributed by atoms with Crippen molar-refractivity contribution in [3.05, 3.63) is 41.1 Å². The number of hydrogen-bond donors (Lipinski definition) is 1. The highest BCUT2D eigenvalue weighted by Gasteiger charge is 2.08. The summed E-state index contributed by atoms with van der Waals surface area (Å²) in [5.74, 6) is -0.157. The van der Waals surface area contributed by atoms with Gasteiger partial charge in [-0.15, -0.1) is 0 Å². The molecule has 1 aromatic carbocycles. The van der Waals surface area contributed by atoms with E-state index in [4.69, 9.17) is 9.68 Å². The molecule has 3 rings (SSSR count). The van der Waals surface area contributed by atoms with E-state index in [1.165, 1.54) is 4.57 Å². The number of anilines is 1. The predicted octanol–water partition coefficient (Wildman–Crippen LogP) is 1.48. The molecule has 2 aromatic heterocycles. The van der Waals surface area contributed by atoms with E-state index in [1.807, 2.05) is 12.1 Å². The second-order valence-electron chi connectivity index (χ2n) is 4.14. The molecule has 98 valence electrons. The molecule has 0 aliphatic rings. The summed E-state index contributed by atoms with van der Waals surface area (Å²) in [6.07, 6.45) is 4.96. The minimum atomic E-state index is -0.401. The molecule has 0 radical (unpaired) electrons. The van der Waals surface area contributed by atoms with Gasteiger partial charge in [-0.25, -0.2) is 14.8 Å². The minimum Gasteiger partial charge on any atom is -0.408 e. The van der Waals surface area contributed by atoms with Crippen LogP contribution in [0.3, 0.4) is 0 Å². The van der Waals surface area contributed by atoms with E-state index in [1.54, 1.807) is 31.7 Å². The smallest absolute Gasteiger partial charge is 0.408 e. The van der Waals surface area contributed by atoms with Crippen molar-refractivity contribution in [2.24, 2.45) is 7.05 Å².